The Labute approximate surface area is 121 Å². The Hall–Kier alpha value is -2.15. The third-order valence-corrected chi connectivity index (χ3v) is 3.44. The normalized spacial score (nSPS) is 10.2. The van der Waals surface area contributed by atoms with Crippen molar-refractivity contribution in [3.8, 4) is 5.75 Å². The van der Waals surface area contributed by atoms with E-state index < -0.39 is 0 Å². The van der Waals surface area contributed by atoms with Gasteiger partial charge in [-0.05, 0) is 18.2 Å². The molecule has 1 aromatic carbocycles. The summed E-state index contributed by atoms with van der Waals surface area (Å²) < 4.78 is 5.17. The highest BCUT2D eigenvalue weighted by atomic mass is 32.2. The van der Waals surface area contributed by atoms with Crippen LogP contribution in [-0.2, 0) is 4.79 Å². The van der Waals surface area contributed by atoms with Crippen LogP contribution in [0.4, 0.5) is 11.4 Å². The number of carbonyl (C=O) groups is 1. The Balaban J connectivity index is 1.86. The van der Waals surface area contributed by atoms with Gasteiger partial charge in [-0.15, -0.1) is 0 Å². The summed E-state index contributed by atoms with van der Waals surface area (Å²) in [5.41, 5.74) is 6.86. The number of imidazole rings is 1. The molecule has 0 bridgehead atoms. The van der Waals surface area contributed by atoms with E-state index in [0.29, 0.717) is 29.3 Å². The lowest BCUT2D eigenvalue weighted by molar-refractivity contribution is -0.115. The summed E-state index contributed by atoms with van der Waals surface area (Å²) >= 11 is 1.50. The summed E-state index contributed by atoms with van der Waals surface area (Å²) in [4.78, 5) is 18.9. The molecular weight excluding hydrogens is 276 g/mol. The fraction of sp³-hybridized carbons (Fsp3) is 0.231. The summed E-state index contributed by atoms with van der Waals surface area (Å²) in [5, 5.41) is 3.60. The van der Waals surface area contributed by atoms with Crippen molar-refractivity contribution in [2.45, 2.75) is 11.6 Å². The van der Waals surface area contributed by atoms with Crippen LogP contribution < -0.4 is 15.8 Å². The summed E-state index contributed by atoms with van der Waals surface area (Å²) in [6, 6.07) is 5.13. The van der Waals surface area contributed by atoms with Crippen LogP contribution >= 0.6 is 11.8 Å². The van der Waals surface area contributed by atoms with Crippen LogP contribution in [0.3, 0.4) is 0 Å². The fourth-order valence-corrected chi connectivity index (χ4v) is 2.37. The minimum atomic E-state index is -0.0899. The number of thioether (sulfide) groups is 1. The molecule has 0 saturated heterocycles. The Morgan fingerprint density at radius 3 is 3.10 bits per heavy atom. The van der Waals surface area contributed by atoms with Crippen LogP contribution in [0.5, 0.6) is 5.75 Å². The molecule has 1 amide bonds. The van der Waals surface area contributed by atoms with E-state index in [9.17, 15) is 4.79 Å². The molecule has 0 aliphatic heterocycles. The van der Waals surface area contributed by atoms with Gasteiger partial charge in [0.1, 0.15) is 5.75 Å². The Bertz CT molecular complexity index is 572. The van der Waals surface area contributed by atoms with Gasteiger partial charge in [0.05, 0.1) is 12.8 Å². The minimum absolute atomic E-state index is 0.0899. The molecule has 0 aliphatic rings. The first-order valence-electron chi connectivity index (χ1n) is 6.04. The van der Waals surface area contributed by atoms with Gasteiger partial charge in [0.15, 0.2) is 5.16 Å². The molecule has 0 unspecified atom stereocenters. The van der Waals surface area contributed by atoms with E-state index in [1.165, 1.54) is 11.8 Å². The van der Waals surface area contributed by atoms with E-state index >= 15 is 0 Å². The second-order valence-corrected chi connectivity index (χ2v) is 5.08. The number of aromatic nitrogens is 2. The monoisotopic (exact) mass is 292 g/mol. The number of H-pyrrole nitrogens is 1. The SMILES string of the molecule is COc1ccc(N)cc1NC(=O)CCSc1ncc[nH]1. The van der Waals surface area contributed by atoms with E-state index in [1.807, 2.05) is 0 Å². The first-order chi connectivity index (χ1) is 9.69. The topological polar surface area (TPSA) is 93.0 Å². The number of nitrogens with zero attached hydrogens (tertiary/aromatic N) is 1. The maximum Gasteiger partial charge on any atom is 0.225 e. The maximum absolute atomic E-state index is 11.9. The first kappa shape index (κ1) is 14.3. The van der Waals surface area contributed by atoms with Gasteiger partial charge in [-0.25, -0.2) is 4.98 Å². The van der Waals surface area contributed by atoms with Gasteiger partial charge >= 0.3 is 0 Å². The Morgan fingerprint density at radius 1 is 1.55 bits per heavy atom. The van der Waals surface area contributed by atoms with Crippen LogP contribution in [0.15, 0.2) is 35.7 Å². The largest absolute Gasteiger partial charge is 0.495 e. The number of nitrogens with two attached hydrogens (primary N) is 1. The third-order valence-electron chi connectivity index (χ3n) is 2.54. The van der Waals surface area contributed by atoms with E-state index in [1.54, 1.807) is 37.7 Å². The molecule has 1 aromatic heterocycles. The molecule has 7 heteroatoms. The molecule has 2 aromatic rings. The van der Waals surface area contributed by atoms with Gasteiger partial charge in [-0.1, -0.05) is 11.8 Å². The summed E-state index contributed by atoms with van der Waals surface area (Å²) in [6.45, 7) is 0. The van der Waals surface area contributed by atoms with Crippen molar-refractivity contribution in [3.05, 3.63) is 30.6 Å². The van der Waals surface area contributed by atoms with E-state index in [0.717, 1.165) is 5.16 Å². The van der Waals surface area contributed by atoms with Crippen molar-refractivity contribution in [1.82, 2.24) is 9.97 Å². The zero-order valence-corrected chi connectivity index (χ0v) is 11.9. The number of ether oxygens (including phenoxy) is 1. The lowest BCUT2D eigenvalue weighted by atomic mass is 10.2. The molecule has 20 heavy (non-hydrogen) atoms. The predicted octanol–water partition coefficient (Wildman–Crippen LogP) is 2.12. The number of nitrogens with one attached hydrogen (secondary N) is 2. The molecule has 0 radical (unpaired) electrons. The fourth-order valence-electron chi connectivity index (χ4n) is 1.61. The van der Waals surface area contributed by atoms with Crippen LogP contribution in [0.25, 0.3) is 0 Å². The molecule has 0 aliphatic carbocycles. The number of rotatable bonds is 6. The summed E-state index contributed by atoms with van der Waals surface area (Å²) in [5.74, 6) is 1.14. The number of hydrogen-bond acceptors (Lipinski definition) is 5. The first-order valence-corrected chi connectivity index (χ1v) is 7.03. The average Bonchev–Trinajstić information content (AvgIpc) is 2.92. The van der Waals surface area contributed by atoms with E-state index in [4.69, 9.17) is 10.5 Å². The highest BCUT2D eigenvalue weighted by Crippen LogP contribution is 2.26. The summed E-state index contributed by atoms with van der Waals surface area (Å²) in [7, 11) is 1.55. The van der Waals surface area contributed by atoms with Crippen molar-refractivity contribution in [2.24, 2.45) is 0 Å². The highest BCUT2D eigenvalue weighted by Gasteiger charge is 2.08. The standard InChI is InChI=1S/C13H16N4O2S/c1-19-11-3-2-9(14)8-10(11)17-12(18)4-7-20-13-15-5-6-16-13/h2-3,5-6,8H,4,7,14H2,1H3,(H,15,16)(H,17,18). The molecule has 106 valence electrons. The molecule has 0 atom stereocenters. The molecular formula is C13H16N4O2S. The van der Waals surface area contributed by atoms with Crippen molar-refractivity contribution in [3.63, 3.8) is 0 Å². The third kappa shape index (κ3) is 3.92. The van der Waals surface area contributed by atoms with Gasteiger partial charge in [0, 0.05) is 30.3 Å². The van der Waals surface area contributed by atoms with Crippen LogP contribution in [0.1, 0.15) is 6.42 Å². The molecule has 1 heterocycles. The number of benzene rings is 1. The van der Waals surface area contributed by atoms with Crippen molar-refractivity contribution in [1.29, 1.82) is 0 Å². The van der Waals surface area contributed by atoms with Crippen molar-refractivity contribution < 1.29 is 9.53 Å². The number of nitrogen functional groups attached to an aromatic ring is 1. The van der Waals surface area contributed by atoms with Gasteiger partial charge < -0.3 is 20.8 Å². The number of carbonyl (C=O) groups excluding carboxylic acids is 1. The zero-order valence-electron chi connectivity index (χ0n) is 11.1. The summed E-state index contributed by atoms with van der Waals surface area (Å²) in [6.07, 6.45) is 3.81. The number of methoxy groups -OCH3 is 1. The Morgan fingerprint density at radius 2 is 2.40 bits per heavy atom. The molecule has 0 fully saturated rings. The lowest BCUT2D eigenvalue weighted by Gasteiger charge is -2.10. The van der Waals surface area contributed by atoms with Gasteiger partial charge in [0.25, 0.3) is 0 Å². The Kier molecular flexibility index (Phi) is 4.89. The molecule has 0 saturated carbocycles. The van der Waals surface area contributed by atoms with Crippen LogP contribution in [-0.4, -0.2) is 28.7 Å². The quantitative estimate of drug-likeness (QED) is 0.560. The van der Waals surface area contributed by atoms with E-state index in [2.05, 4.69) is 15.3 Å². The average molecular weight is 292 g/mol. The number of hydrogen-bond donors (Lipinski definition) is 3. The molecule has 4 N–H and O–H groups in total. The number of amides is 1. The molecule has 2 rings (SSSR count). The number of anilines is 2. The zero-order chi connectivity index (χ0) is 14.4. The van der Waals surface area contributed by atoms with Crippen molar-refractivity contribution >= 4 is 29.0 Å². The lowest BCUT2D eigenvalue weighted by Crippen LogP contribution is -2.13. The van der Waals surface area contributed by atoms with Crippen LogP contribution in [0.2, 0.25) is 0 Å². The second kappa shape index (κ2) is 6.85. The van der Waals surface area contributed by atoms with Gasteiger partial charge in [-0.3, -0.25) is 4.79 Å². The van der Waals surface area contributed by atoms with Crippen LogP contribution in [0, 0.1) is 0 Å². The predicted molar refractivity (Wildman–Crippen MR) is 80.0 cm³/mol. The molecule has 6 nitrogen and oxygen atoms in total. The highest BCUT2D eigenvalue weighted by molar-refractivity contribution is 7.99. The van der Waals surface area contributed by atoms with Gasteiger partial charge in [-0.2, -0.15) is 0 Å². The molecule has 0 spiro atoms. The van der Waals surface area contributed by atoms with E-state index in [-0.39, 0.29) is 5.91 Å². The minimum Gasteiger partial charge on any atom is -0.495 e. The van der Waals surface area contributed by atoms with Gasteiger partial charge in [0.2, 0.25) is 5.91 Å². The maximum atomic E-state index is 11.9. The smallest absolute Gasteiger partial charge is 0.225 e. The van der Waals surface area contributed by atoms with Crippen molar-refractivity contribution in [2.75, 3.05) is 23.9 Å². The second-order valence-electron chi connectivity index (χ2n) is 4.00. The number of aromatic amines is 1.